The summed E-state index contributed by atoms with van der Waals surface area (Å²) in [5, 5.41) is 2.37. The second-order valence-corrected chi connectivity index (χ2v) is 7.35. The average molecular weight is 405 g/mol. The van der Waals surface area contributed by atoms with E-state index in [1.54, 1.807) is 31.1 Å². The number of nitrogens with zero attached hydrogens (tertiary/aromatic N) is 2. The molecule has 5 nitrogen and oxygen atoms in total. The zero-order valence-corrected chi connectivity index (χ0v) is 16.4. The lowest BCUT2D eigenvalue weighted by molar-refractivity contribution is -0.137. The third-order valence-corrected chi connectivity index (χ3v) is 4.92. The summed E-state index contributed by atoms with van der Waals surface area (Å²) in [6.45, 7) is 2.05. The van der Waals surface area contributed by atoms with Crippen molar-refractivity contribution in [3.05, 3.63) is 53.6 Å². The van der Waals surface area contributed by atoms with E-state index < -0.39 is 23.6 Å². The molecule has 2 aromatic carbocycles. The molecule has 0 aromatic heterocycles. The fourth-order valence-corrected chi connectivity index (χ4v) is 3.25. The summed E-state index contributed by atoms with van der Waals surface area (Å²) in [5.74, 6) is -1.55. The monoisotopic (exact) mass is 405 g/mol. The van der Waals surface area contributed by atoms with Gasteiger partial charge >= 0.3 is 6.18 Å². The molecule has 0 spiro atoms. The summed E-state index contributed by atoms with van der Waals surface area (Å²) in [6, 6.07) is 11.0. The van der Waals surface area contributed by atoms with Crippen LogP contribution in [0.25, 0.3) is 0 Å². The van der Waals surface area contributed by atoms with E-state index in [9.17, 15) is 22.8 Å². The van der Waals surface area contributed by atoms with Crippen LogP contribution in [-0.2, 0) is 15.8 Å². The van der Waals surface area contributed by atoms with Gasteiger partial charge in [-0.3, -0.25) is 9.59 Å². The number of hydrogen-bond acceptors (Lipinski definition) is 3. The molecule has 1 N–H and O–H groups in total. The van der Waals surface area contributed by atoms with Gasteiger partial charge in [0.15, 0.2) is 0 Å². The van der Waals surface area contributed by atoms with Crippen molar-refractivity contribution in [2.45, 2.75) is 19.5 Å². The van der Waals surface area contributed by atoms with Gasteiger partial charge in [0.05, 0.1) is 17.2 Å². The molecule has 1 heterocycles. The molecular weight excluding hydrogens is 383 g/mol. The van der Waals surface area contributed by atoms with Crippen LogP contribution in [0, 0.1) is 12.8 Å². The number of amides is 2. The quantitative estimate of drug-likeness (QED) is 0.834. The first kappa shape index (κ1) is 20.7. The number of hydrogen-bond donors (Lipinski definition) is 1. The van der Waals surface area contributed by atoms with Gasteiger partial charge in [-0.1, -0.05) is 17.7 Å². The van der Waals surface area contributed by atoms with E-state index in [0.717, 1.165) is 11.6 Å². The summed E-state index contributed by atoms with van der Waals surface area (Å²) >= 11 is 0. The van der Waals surface area contributed by atoms with Crippen LogP contribution in [0.2, 0.25) is 0 Å². The molecule has 0 aliphatic carbocycles. The SMILES string of the molecule is Cc1ccc(N2CC(C(=O)Nc3ccc(N(C)C)cc3C(F)(F)F)CC2=O)cc1. The van der Waals surface area contributed by atoms with Gasteiger partial charge in [-0.15, -0.1) is 0 Å². The summed E-state index contributed by atoms with van der Waals surface area (Å²) < 4.78 is 40.4. The minimum Gasteiger partial charge on any atom is -0.378 e. The lowest BCUT2D eigenvalue weighted by Crippen LogP contribution is -2.28. The van der Waals surface area contributed by atoms with E-state index in [1.807, 2.05) is 19.1 Å². The summed E-state index contributed by atoms with van der Waals surface area (Å²) in [6.07, 6.45) is -4.66. The van der Waals surface area contributed by atoms with E-state index in [4.69, 9.17) is 0 Å². The third-order valence-electron chi connectivity index (χ3n) is 4.92. The molecule has 1 unspecified atom stereocenters. The van der Waals surface area contributed by atoms with Crippen LogP contribution in [0.15, 0.2) is 42.5 Å². The number of anilines is 3. The molecule has 154 valence electrons. The summed E-state index contributed by atoms with van der Waals surface area (Å²) in [4.78, 5) is 28.0. The minimum absolute atomic E-state index is 0.0448. The maximum absolute atomic E-state index is 13.5. The molecule has 0 saturated carbocycles. The molecule has 1 saturated heterocycles. The zero-order chi connectivity index (χ0) is 21.3. The molecule has 1 aliphatic rings. The topological polar surface area (TPSA) is 52.7 Å². The van der Waals surface area contributed by atoms with Gasteiger partial charge in [-0.05, 0) is 37.3 Å². The number of carbonyl (C=O) groups excluding carboxylic acids is 2. The Balaban J connectivity index is 1.78. The van der Waals surface area contributed by atoms with E-state index in [2.05, 4.69) is 5.32 Å². The molecule has 0 bridgehead atoms. The first-order chi connectivity index (χ1) is 13.6. The summed E-state index contributed by atoms with van der Waals surface area (Å²) in [7, 11) is 3.27. The first-order valence-corrected chi connectivity index (χ1v) is 9.12. The van der Waals surface area contributed by atoms with Crippen LogP contribution in [0.5, 0.6) is 0 Å². The predicted molar refractivity (Wildman–Crippen MR) is 106 cm³/mol. The fourth-order valence-electron chi connectivity index (χ4n) is 3.25. The van der Waals surface area contributed by atoms with Crippen LogP contribution in [0.4, 0.5) is 30.2 Å². The largest absolute Gasteiger partial charge is 0.418 e. The fraction of sp³-hybridized carbons (Fsp3) is 0.333. The second kappa shape index (κ2) is 7.77. The van der Waals surface area contributed by atoms with Gasteiger partial charge in [0.2, 0.25) is 11.8 Å². The van der Waals surface area contributed by atoms with Crippen molar-refractivity contribution in [1.29, 1.82) is 0 Å². The Hall–Kier alpha value is -3.03. The van der Waals surface area contributed by atoms with Crippen molar-refractivity contribution in [3.63, 3.8) is 0 Å². The van der Waals surface area contributed by atoms with Gasteiger partial charge in [0.1, 0.15) is 0 Å². The number of aryl methyl sites for hydroxylation is 1. The van der Waals surface area contributed by atoms with Crippen molar-refractivity contribution in [2.24, 2.45) is 5.92 Å². The molecule has 2 aromatic rings. The molecule has 3 rings (SSSR count). The Morgan fingerprint density at radius 3 is 2.38 bits per heavy atom. The van der Waals surface area contributed by atoms with Gasteiger partial charge in [-0.25, -0.2) is 0 Å². The minimum atomic E-state index is -4.62. The van der Waals surface area contributed by atoms with Crippen molar-refractivity contribution >= 4 is 28.9 Å². The number of benzene rings is 2. The predicted octanol–water partition coefficient (Wildman–Crippen LogP) is 4.07. The second-order valence-electron chi connectivity index (χ2n) is 7.35. The Labute approximate surface area is 167 Å². The van der Waals surface area contributed by atoms with E-state index in [-0.39, 0.29) is 24.6 Å². The number of nitrogens with one attached hydrogen (secondary N) is 1. The highest BCUT2D eigenvalue weighted by molar-refractivity contribution is 6.03. The molecule has 1 aliphatic heterocycles. The number of alkyl halides is 3. The maximum atomic E-state index is 13.5. The molecule has 0 radical (unpaired) electrons. The Kier molecular flexibility index (Phi) is 5.55. The van der Waals surface area contributed by atoms with Gasteiger partial charge in [0.25, 0.3) is 0 Å². The number of carbonyl (C=O) groups is 2. The zero-order valence-electron chi connectivity index (χ0n) is 16.4. The van der Waals surface area contributed by atoms with Crippen LogP contribution in [0.3, 0.4) is 0 Å². The standard InChI is InChI=1S/C21H22F3N3O2/c1-13-4-6-15(7-5-13)27-12-14(10-19(27)28)20(29)25-18-9-8-16(26(2)3)11-17(18)21(22,23)24/h4-9,11,14H,10,12H2,1-3H3,(H,25,29). The highest BCUT2D eigenvalue weighted by Crippen LogP contribution is 2.37. The van der Waals surface area contributed by atoms with E-state index >= 15 is 0 Å². The third kappa shape index (κ3) is 4.52. The molecule has 2 amide bonds. The van der Waals surface area contributed by atoms with Crippen LogP contribution in [0.1, 0.15) is 17.5 Å². The Morgan fingerprint density at radius 1 is 1.14 bits per heavy atom. The first-order valence-electron chi connectivity index (χ1n) is 9.12. The lowest BCUT2D eigenvalue weighted by atomic mass is 10.1. The normalized spacial score (nSPS) is 16.8. The highest BCUT2D eigenvalue weighted by atomic mass is 19.4. The van der Waals surface area contributed by atoms with Crippen molar-refractivity contribution < 1.29 is 22.8 Å². The molecule has 1 atom stereocenters. The van der Waals surface area contributed by atoms with Gasteiger partial charge in [0, 0.05) is 38.4 Å². The van der Waals surface area contributed by atoms with Gasteiger partial charge in [-0.2, -0.15) is 13.2 Å². The number of halogens is 3. The van der Waals surface area contributed by atoms with Crippen LogP contribution < -0.4 is 15.1 Å². The summed E-state index contributed by atoms with van der Waals surface area (Å²) in [5.41, 5.74) is 0.848. The molecule has 8 heteroatoms. The van der Waals surface area contributed by atoms with Crippen molar-refractivity contribution in [2.75, 3.05) is 35.8 Å². The van der Waals surface area contributed by atoms with E-state index in [1.165, 1.54) is 17.0 Å². The van der Waals surface area contributed by atoms with E-state index in [0.29, 0.717) is 11.4 Å². The Bertz CT molecular complexity index is 924. The van der Waals surface area contributed by atoms with Crippen LogP contribution in [-0.4, -0.2) is 32.5 Å². The maximum Gasteiger partial charge on any atom is 0.418 e. The smallest absolute Gasteiger partial charge is 0.378 e. The highest BCUT2D eigenvalue weighted by Gasteiger charge is 2.38. The Morgan fingerprint density at radius 2 is 1.79 bits per heavy atom. The lowest BCUT2D eigenvalue weighted by Gasteiger charge is -2.20. The molecule has 1 fully saturated rings. The van der Waals surface area contributed by atoms with Gasteiger partial charge < -0.3 is 15.1 Å². The molecule has 29 heavy (non-hydrogen) atoms. The molecular formula is C21H22F3N3O2. The van der Waals surface area contributed by atoms with Crippen molar-refractivity contribution in [3.8, 4) is 0 Å². The average Bonchev–Trinajstić information content (AvgIpc) is 3.03. The number of rotatable bonds is 4. The van der Waals surface area contributed by atoms with Crippen molar-refractivity contribution in [1.82, 2.24) is 0 Å². The van der Waals surface area contributed by atoms with Crippen LogP contribution >= 0.6 is 0 Å².